The topological polar surface area (TPSA) is 138 Å². The summed E-state index contributed by atoms with van der Waals surface area (Å²) in [5.41, 5.74) is 0.0503. The van der Waals surface area contributed by atoms with Crippen molar-refractivity contribution in [3.05, 3.63) is 22.2 Å². The number of nitrogens with zero attached hydrogens (tertiary/aromatic N) is 3. The zero-order valence-electron chi connectivity index (χ0n) is 15.4. The minimum absolute atomic E-state index is 0.161. The third-order valence-corrected chi connectivity index (χ3v) is 5.22. The molecule has 1 fully saturated rings. The molecule has 0 aromatic carbocycles. The van der Waals surface area contributed by atoms with Gasteiger partial charge in [-0.2, -0.15) is 13.5 Å². The molecule has 1 aromatic rings. The van der Waals surface area contributed by atoms with E-state index < -0.39 is 34.2 Å². The predicted molar refractivity (Wildman–Crippen MR) is 98.4 cm³/mol. The summed E-state index contributed by atoms with van der Waals surface area (Å²) in [5.74, 6) is 0. The number of alkyl carbamates (subject to hydrolysis) is 1. The molecule has 0 saturated carbocycles. The highest BCUT2D eigenvalue weighted by atomic mass is 32.3. The van der Waals surface area contributed by atoms with Gasteiger partial charge in [0.2, 0.25) is 0 Å². The molecule has 1 aromatic heterocycles. The zero-order valence-corrected chi connectivity index (χ0v) is 17.0. The lowest BCUT2D eigenvalue weighted by Crippen LogP contribution is -2.36. The minimum Gasteiger partial charge on any atom is -0.444 e. The molecule has 2 bridgehead atoms. The number of nitrogens with one attached hydrogen (secondary N) is 1. The second kappa shape index (κ2) is 7.31. The molecule has 13 heteroatoms. The maximum atomic E-state index is 12.2. The van der Waals surface area contributed by atoms with Gasteiger partial charge < -0.3 is 15.0 Å². The average molecular weight is 432 g/mol. The number of urea groups is 1. The van der Waals surface area contributed by atoms with Gasteiger partial charge in [0.05, 0.1) is 18.0 Å². The fourth-order valence-electron chi connectivity index (χ4n) is 2.79. The Bertz CT molecular complexity index is 919. The van der Waals surface area contributed by atoms with E-state index in [1.807, 2.05) is 0 Å². The van der Waals surface area contributed by atoms with Crippen LogP contribution in [0.15, 0.2) is 12.3 Å². The Morgan fingerprint density at radius 1 is 1.46 bits per heavy atom. The van der Waals surface area contributed by atoms with Gasteiger partial charge in [-0.05, 0) is 26.3 Å². The summed E-state index contributed by atoms with van der Waals surface area (Å²) in [6.07, 6.45) is 2.79. The molecule has 2 aliphatic rings. The van der Waals surface area contributed by atoms with Crippen molar-refractivity contribution < 1.29 is 31.6 Å². The van der Waals surface area contributed by atoms with E-state index in [4.69, 9.17) is 9.29 Å². The number of hydrogen-bond donors (Lipinski definition) is 2. The third kappa shape index (κ3) is 4.79. The van der Waals surface area contributed by atoms with Crippen LogP contribution in [0.2, 0.25) is 0 Å². The normalized spacial score (nSPS) is 19.6. The van der Waals surface area contributed by atoms with Crippen molar-refractivity contribution in [3.63, 3.8) is 0 Å². The van der Waals surface area contributed by atoms with Crippen molar-refractivity contribution in [1.29, 1.82) is 0 Å². The maximum Gasteiger partial charge on any atom is 0.418 e. The number of fused-ring (bicyclic) bond motifs is 2. The Labute approximate surface area is 165 Å². The van der Waals surface area contributed by atoms with Gasteiger partial charge >= 0.3 is 22.5 Å². The van der Waals surface area contributed by atoms with Crippen LogP contribution >= 0.6 is 11.3 Å². The standard InChI is InChI=1S/C15H20N4O7S2/c1-15(2,3)25-13(20)17-7-12-16-6-11(27-12)9-4-5-18-8-10(9)19(14(18)21)26-28(22,23)24/h4,6,10H,5,7-8H2,1-3H3,(H,17,20)(H,22,23,24). The fourth-order valence-corrected chi connectivity index (χ4v) is 4.11. The van der Waals surface area contributed by atoms with Crippen molar-refractivity contribution in [2.24, 2.45) is 0 Å². The molecule has 1 unspecified atom stereocenters. The molecule has 3 amide bonds. The summed E-state index contributed by atoms with van der Waals surface area (Å²) in [6.45, 7) is 5.94. The first kappa shape index (κ1) is 20.5. The van der Waals surface area contributed by atoms with E-state index in [0.717, 1.165) is 0 Å². The maximum absolute atomic E-state index is 12.2. The number of thiazole rings is 1. The van der Waals surface area contributed by atoms with Gasteiger partial charge in [-0.25, -0.2) is 14.6 Å². The Kier molecular flexibility index (Phi) is 5.36. The van der Waals surface area contributed by atoms with Gasteiger partial charge in [-0.15, -0.1) is 15.6 Å². The first-order valence-corrected chi connectivity index (χ1v) is 10.5. The Hall–Kier alpha value is -2.22. The summed E-state index contributed by atoms with van der Waals surface area (Å²) >= 11 is 1.28. The summed E-state index contributed by atoms with van der Waals surface area (Å²) in [6, 6.07) is -1.35. The highest BCUT2D eigenvalue weighted by Crippen LogP contribution is 2.35. The first-order valence-electron chi connectivity index (χ1n) is 8.30. The molecule has 2 N–H and O–H groups in total. The first-order chi connectivity index (χ1) is 12.9. The fraction of sp³-hybridized carbons (Fsp3) is 0.533. The molecule has 1 atom stereocenters. The number of hydrogen-bond acceptors (Lipinski definition) is 8. The Morgan fingerprint density at radius 3 is 2.82 bits per heavy atom. The molecule has 28 heavy (non-hydrogen) atoms. The van der Waals surface area contributed by atoms with E-state index in [9.17, 15) is 18.0 Å². The monoisotopic (exact) mass is 432 g/mol. The third-order valence-electron chi connectivity index (χ3n) is 3.82. The van der Waals surface area contributed by atoms with E-state index >= 15 is 0 Å². The van der Waals surface area contributed by atoms with Gasteiger partial charge in [0.25, 0.3) is 0 Å². The summed E-state index contributed by atoms with van der Waals surface area (Å²) < 4.78 is 40.7. The number of amides is 3. The lowest BCUT2D eigenvalue weighted by molar-refractivity contribution is -0.0159. The Morgan fingerprint density at radius 2 is 2.18 bits per heavy atom. The minimum atomic E-state index is -4.84. The van der Waals surface area contributed by atoms with Crippen LogP contribution in [-0.4, -0.2) is 64.8 Å². The van der Waals surface area contributed by atoms with Crippen LogP contribution in [0, 0.1) is 0 Å². The molecule has 1 saturated heterocycles. The van der Waals surface area contributed by atoms with Crippen LogP contribution < -0.4 is 5.32 Å². The quantitative estimate of drug-likeness (QED) is 0.666. The molecule has 11 nitrogen and oxygen atoms in total. The van der Waals surface area contributed by atoms with E-state index in [0.29, 0.717) is 20.5 Å². The van der Waals surface area contributed by atoms with Crippen molar-refractivity contribution in [2.75, 3.05) is 13.1 Å². The molecule has 0 spiro atoms. The van der Waals surface area contributed by atoms with E-state index in [-0.39, 0.29) is 19.6 Å². The summed E-state index contributed by atoms with van der Waals surface area (Å²) in [7, 11) is -4.84. The average Bonchev–Trinajstić information content (AvgIpc) is 3.11. The SMILES string of the molecule is CC(C)(C)OC(=O)NCc1ncc(C2=CCN3CC2N(OS(=O)(=O)O)C3=O)s1. The molecular formula is C15H20N4O7S2. The van der Waals surface area contributed by atoms with Gasteiger partial charge in [0, 0.05) is 12.7 Å². The van der Waals surface area contributed by atoms with Crippen LogP contribution in [0.25, 0.3) is 5.57 Å². The number of rotatable bonds is 5. The molecular weight excluding hydrogens is 412 g/mol. The highest BCUT2D eigenvalue weighted by molar-refractivity contribution is 7.80. The van der Waals surface area contributed by atoms with Gasteiger partial charge in [-0.3, -0.25) is 4.55 Å². The zero-order chi connectivity index (χ0) is 20.7. The number of aromatic nitrogens is 1. The molecule has 154 valence electrons. The lowest BCUT2D eigenvalue weighted by Gasteiger charge is -2.22. The van der Waals surface area contributed by atoms with Crippen LogP contribution in [0.3, 0.4) is 0 Å². The Balaban J connectivity index is 1.70. The molecule has 0 radical (unpaired) electrons. The summed E-state index contributed by atoms with van der Waals surface area (Å²) in [5, 5.41) is 3.86. The van der Waals surface area contributed by atoms with Crippen LogP contribution in [-0.2, 0) is 26.0 Å². The van der Waals surface area contributed by atoms with Gasteiger partial charge in [0.15, 0.2) is 0 Å². The van der Waals surface area contributed by atoms with E-state index in [1.54, 1.807) is 33.0 Å². The highest BCUT2D eigenvalue weighted by Gasteiger charge is 2.45. The molecule has 2 aliphatic heterocycles. The number of ether oxygens (including phenoxy) is 1. The second-order valence-electron chi connectivity index (χ2n) is 7.16. The van der Waals surface area contributed by atoms with E-state index in [2.05, 4.69) is 14.6 Å². The van der Waals surface area contributed by atoms with Crippen LogP contribution in [0.5, 0.6) is 0 Å². The lowest BCUT2D eigenvalue weighted by atomic mass is 10.0. The molecule has 3 heterocycles. The van der Waals surface area contributed by atoms with Crippen molar-refractivity contribution >= 4 is 39.4 Å². The van der Waals surface area contributed by atoms with Crippen molar-refractivity contribution in [2.45, 2.75) is 39.0 Å². The van der Waals surface area contributed by atoms with Crippen LogP contribution in [0.4, 0.5) is 9.59 Å². The number of carbonyl (C=O) groups excluding carboxylic acids is 2. The molecule has 0 aliphatic carbocycles. The number of hydroxylamine groups is 2. The second-order valence-corrected chi connectivity index (χ2v) is 9.28. The smallest absolute Gasteiger partial charge is 0.418 e. The summed E-state index contributed by atoms with van der Waals surface area (Å²) in [4.78, 5) is 30.3. The van der Waals surface area contributed by atoms with Gasteiger partial charge in [-0.1, -0.05) is 6.08 Å². The number of carbonyl (C=O) groups is 2. The van der Waals surface area contributed by atoms with Crippen LogP contribution in [0.1, 0.15) is 30.7 Å². The van der Waals surface area contributed by atoms with E-state index in [1.165, 1.54) is 16.2 Å². The largest absolute Gasteiger partial charge is 0.444 e. The van der Waals surface area contributed by atoms with Gasteiger partial charge in [0.1, 0.15) is 16.7 Å². The van der Waals surface area contributed by atoms with Crippen molar-refractivity contribution in [1.82, 2.24) is 20.3 Å². The predicted octanol–water partition coefficient (Wildman–Crippen LogP) is 1.41. The van der Waals surface area contributed by atoms with Crippen molar-refractivity contribution in [3.8, 4) is 0 Å². The molecule has 3 rings (SSSR count).